The smallest absolute Gasteiger partial charge is 0.122 e. The Morgan fingerprint density at radius 2 is 2.06 bits per heavy atom. The third-order valence-electron chi connectivity index (χ3n) is 3.61. The van der Waals surface area contributed by atoms with E-state index in [0.717, 1.165) is 12.1 Å². The van der Waals surface area contributed by atoms with Crippen molar-refractivity contribution in [2.45, 2.75) is 38.6 Å². The van der Waals surface area contributed by atoms with Crippen LogP contribution in [0.15, 0.2) is 24.3 Å². The van der Waals surface area contributed by atoms with E-state index in [1.165, 1.54) is 31.4 Å². The molecule has 0 radical (unpaired) electrons. The SMILES string of the molecule is CCC1CCCCN1c1ccc(C(=N)N)cc1. The van der Waals surface area contributed by atoms with Gasteiger partial charge in [0.25, 0.3) is 0 Å². The maximum Gasteiger partial charge on any atom is 0.122 e. The molecule has 3 heteroatoms. The number of amidine groups is 1. The lowest BCUT2D eigenvalue weighted by Crippen LogP contribution is -2.39. The highest BCUT2D eigenvalue weighted by Crippen LogP contribution is 2.26. The first-order valence-corrected chi connectivity index (χ1v) is 6.43. The van der Waals surface area contributed by atoms with E-state index < -0.39 is 0 Å². The summed E-state index contributed by atoms with van der Waals surface area (Å²) < 4.78 is 0. The molecule has 1 aliphatic rings. The molecule has 1 unspecified atom stereocenters. The number of nitrogen functional groups attached to an aromatic ring is 1. The molecule has 92 valence electrons. The number of hydrogen-bond acceptors (Lipinski definition) is 2. The fourth-order valence-electron chi connectivity index (χ4n) is 2.60. The van der Waals surface area contributed by atoms with Crippen LogP contribution in [0, 0.1) is 5.41 Å². The molecule has 1 fully saturated rings. The Hall–Kier alpha value is -1.51. The van der Waals surface area contributed by atoms with Crippen LogP contribution in [0.5, 0.6) is 0 Å². The van der Waals surface area contributed by atoms with Gasteiger partial charge in [-0.25, -0.2) is 0 Å². The average Bonchev–Trinajstić information content (AvgIpc) is 2.39. The van der Waals surface area contributed by atoms with Gasteiger partial charge in [0.05, 0.1) is 0 Å². The van der Waals surface area contributed by atoms with E-state index in [1.807, 2.05) is 12.1 Å². The molecule has 0 aromatic heterocycles. The molecule has 0 spiro atoms. The van der Waals surface area contributed by atoms with Gasteiger partial charge in [-0.3, -0.25) is 5.41 Å². The first kappa shape index (κ1) is 12.0. The molecular weight excluding hydrogens is 210 g/mol. The minimum Gasteiger partial charge on any atom is -0.384 e. The summed E-state index contributed by atoms with van der Waals surface area (Å²) in [5.74, 6) is 0.141. The quantitative estimate of drug-likeness (QED) is 0.621. The van der Waals surface area contributed by atoms with Gasteiger partial charge >= 0.3 is 0 Å². The summed E-state index contributed by atoms with van der Waals surface area (Å²) in [6.45, 7) is 3.41. The fourth-order valence-corrected chi connectivity index (χ4v) is 2.60. The molecule has 0 saturated carbocycles. The minimum atomic E-state index is 0.141. The van der Waals surface area contributed by atoms with Gasteiger partial charge in [-0.2, -0.15) is 0 Å². The molecule has 17 heavy (non-hydrogen) atoms. The highest BCUT2D eigenvalue weighted by atomic mass is 15.2. The zero-order chi connectivity index (χ0) is 12.3. The molecular formula is C14H21N3. The van der Waals surface area contributed by atoms with E-state index in [2.05, 4.69) is 24.0 Å². The molecule has 1 heterocycles. The maximum atomic E-state index is 7.39. The van der Waals surface area contributed by atoms with Gasteiger partial charge in [-0.1, -0.05) is 6.92 Å². The van der Waals surface area contributed by atoms with Gasteiger partial charge in [0.1, 0.15) is 5.84 Å². The van der Waals surface area contributed by atoms with E-state index in [0.29, 0.717) is 6.04 Å². The molecule has 3 N–H and O–H groups in total. The van der Waals surface area contributed by atoms with Crippen molar-refractivity contribution in [3.05, 3.63) is 29.8 Å². The Bertz CT molecular complexity index is 383. The predicted octanol–water partition coefficient (Wildman–Crippen LogP) is 2.74. The van der Waals surface area contributed by atoms with Gasteiger partial charge < -0.3 is 10.6 Å². The van der Waals surface area contributed by atoms with Crippen LogP contribution in [0.2, 0.25) is 0 Å². The van der Waals surface area contributed by atoms with Crippen molar-refractivity contribution in [1.29, 1.82) is 5.41 Å². The van der Waals surface area contributed by atoms with E-state index in [1.54, 1.807) is 0 Å². The summed E-state index contributed by atoms with van der Waals surface area (Å²) in [6, 6.07) is 8.74. The number of anilines is 1. The average molecular weight is 231 g/mol. The number of nitrogens with two attached hydrogens (primary N) is 1. The van der Waals surface area contributed by atoms with Gasteiger partial charge in [-0.15, -0.1) is 0 Å². The number of hydrogen-bond donors (Lipinski definition) is 2. The second-order valence-electron chi connectivity index (χ2n) is 4.71. The van der Waals surface area contributed by atoms with Gasteiger partial charge in [-0.05, 0) is 49.9 Å². The second-order valence-corrected chi connectivity index (χ2v) is 4.71. The Balaban J connectivity index is 2.17. The number of rotatable bonds is 3. The number of nitrogens with zero attached hydrogens (tertiary/aromatic N) is 1. The molecule has 0 amide bonds. The van der Waals surface area contributed by atoms with E-state index >= 15 is 0 Å². The number of nitrogens with one attached hydrogen (secondary N) is 1. The molecule has 1 atom stereocenters. The largest absolute Gasteiger partial charge is 0.384 e. The molecule has 0 aliphatic carbocycles. The highest BCUT2D eigenvalue weighted by Gasteiger charge is 2.20. The zero-order valence-electron chi connectivity index (χ0n) is 10.4. The molecule has 1 aliphatic heterocycles. The van der Waals surface area contributed by atoms with Crippen LogP contribution in [0.1, 0.15) is 38.2 Å². The lowest BCUT2D eigenvalue weighted by molar-refractivity contribution is 0.450. The van der Waals surface area contributed by atoms with E-state index in [4.69, 9.17) is 11.1 Å². The normalized spacial score (nSPS) is 20.3. The van der Waals surface area contributed by atoms with Gasteiger partial charge in [0, 0.05) is 23.8 Å². The third kappa shape index (κ3) is 2.60. The monoisotopic (exact) mass is 231 g/mol. The summed E-state index contributed by atoms with van der Waals surface area (Å²) >= 11 is 0. The lowest BCUT2D eigenvalue weighted by atomic mass is 9.99. The molecule has 3 nitrogen and oxygen atoms in total. The Morgan fingerprint density at radius 3 is 2.65 bits per heavy atom. The van der Waals surface area contributed by atoms with Gasteiger partial charge in [0.2, 0.25) is 0 Å². The molecule has 1 aromatic rings. The van der Waals surface area contributed by atoms with Crippen LogP contribution in [0.25, 0.3) is 0 Å². The molecule has 2 rings (SSSR count). The highest BCUT2D eigenvalue weighted by molar-refractivity contribution is 5.95. The van der Waals surface area contributed by atoms with E-state index in [-0.39, 0.29) is 5.84 Å². The van der Waals surface area contributed by atoms with Crippen molar-refractivity contribution in [2.24, 2.45) is 5.73 Å². The molecule has 0 bridgehead atoms. The summed E-state index contributed by atoms with van der Waals surface area (Å²) in [7, 11) is 0. The molecule has 1 aromatic carbocycles. The zero-order valence-corrected chi connectivity index (χ0v) is 10.4. The van der Waals surface area contributed by atoms with Crippen molar-refractivity contribution in [2.75, 3.05) is 11.4 Å². The lowest BCUT2D eigenvalue weighted by Gasteiger charge is -2.37. The standard InChI is InChI=1S/C14H21N3/c1-2-12-5-3-4-10-17(12)13-8-6-11(7-9-13)14(15)16/h6-9,12H,2-5,10H2,1H3,(H3,15,16). The Kier molecular flexibility index (Phi) is 3.67. The summed E-state index contributed by atoms with van der Waals surface area (Å²) in [6.07, 6.45) is 5.13. The van der Waals surface area contributed by atoms with Crippen molar-refractivity contribution in [3.8, 4) is 0 Å². The number of piperidine rings is 1. The van der Waals surface area contributed by atoms with Crippen LogP contribution in [0.3, 0.4) is 0 Å². The summed E-state index contributed by atoms with van der Waals surface area (Å²) in [5, 5.41) is 7.39. The predicted molar refractivity (Wildman–Crippen MR) is 72.7 cm³/mol. The van der Waals surface area contributed by atoms with Crippen molar-refractivity contribution in [1.82, 2.24) is 0 Å². The van der Waals surface area contributed by atoms with Crippen LogP contribution < -0.4 is 10.6 Å². The first-order valence-electron chi connectivity index (χ1n) is 6.43. The van der Waals surface area contributed by atoms with Crippen LogP contribution in [0.4, 0.5) is 5.69 Å². The summed E-state index contributed by atoms with van der Waals surface area (Å²) in [5.41, 5.74) is 7.54. The number of benzene rings is 1. The maximum absolute atomic E-state index is 7.39. The van der Waals surface area contributed by atoms with Gasteiger partial charge in [0.15, 0.2) is 0 Å². The fraction of sp³-hybridized carbons (Fsp3) is 0.500. The second kappa shape index (κ2) is 5.21. The first-order chi connectivity index (χ1) is 8.22. The van der Waals surface area contributed by atoms with Crippen LogP contribution >= 0.6 is 0 Å². The Labute approximate surface area is 103 Å². The van der Waals surface area contributed by atoms with Crippen LogP contribution in [-0.4, -0.2) is 18.4 Å². The third-order valence-corrected chi connectivity index (χ3v) is 3.61. The van der Waals surface area contributed by atoms with Crippen LogP contribution in [-0.2, 0) is 0 Å². The van der Waals surface area contributed by atoms with Crippen molar-refractivity contribution < 1.29 is 0 Å². The van der Waals surface area contributed by atoms with Crippen molar-refractivity contribution in [3.63, 3.8) is 0 Å². The van der Waals surface area contributed by atoms with E-state index in [9.17, 15) is 0 Å². The topological polar surface area (TPSA) is 53.1 Å². The van der Waals surface area contributed by atoms with Crippen molar-refractivity contribution >= 4 is 11.5 Å². The molecule has 1 saturated heterocycles. The minimum absolute atomic E-state index is 0.141. The summed E-state index contributed by atoms with van der Waals surface area (Å²) in [4.78, 5) is 2.49. The Morgan fingerprint density at radius 1 is 1.35 bits per heavy atom.